The maximum Gasteiger partial charge on any atom is 0.147 e. The van der Waals surface area contributed by atoms with Gasteiger partial charge in [0.1, 0.15) is 11.6 Å². The number of hydrogen-bond donors (Lipinski definition) is 1. The lowest BCUT2D eigenvalue weighted by Crippen LogP contribution is -2.31. The normalized spacial score (nSPS) is 23.5. The Morgan fingerprint density at radius 3 is 2.96 bits per heavy atom. The number of aliphatic hydroxyl groups excluding tert-OH is 1. The highest BCUT2D eigenvalue weighted by Crippen LogP contribution is 2.37. The van der Waals surface area contributed by atoms with Gasteiger partial charge in [-0.25, -0.2) is 0 Å². The van der Waals surface area contributed by atoms with Gasteiger partial charge in [-0.1, -0.05) is 6.07 Å². The highest BCUT2D eigenvalue weighted by Gasteiger charge is 2.32. The second-order valence-corrected chi connectivity index (χ2v) is 7.78. The molecule has 0 aromatic carbocycles. The molecule has 4 rings (SSSR count). The van der Waals surface area contributed by atoms with Crippen molar-refractivity contribution in [2.75, 3.05) is 6.54 Å². The standard InChI is InChI=1S/C17H24N4OS/c1-12-18-19-17(21(12)13-6-7-13)11-20-8-2-4-14(20)10-15(22)16-5-3-9-23-16/h3,5,9,13-15,22H,2,4,6-8,10-11H2,1H3. The molecule has 2 aromatic heterocycles. The Bertz CT molecular complexity index is 650. The van der Waals surface area contributed by atoms with Crippen molar-refractivity contribution in [1.82, 2.24) is 19.7 Å². The lowest BCUT2D eigenvalue weighted by Gasteiger charge is -2.26. The predicted octanol–water partition coefficient (Wildman–Crippen LogP) is 3.07. The minimum absolute atomic E-state index is 0.344. The molecule has 5 nitrogen and oxygen atoms in total. The Labute approximate surface area is 141 Å². The van der Waals surface area contributed by atoms with Gasteiger partial charge in [-0.15, -0.1) is 21.5 Å². The number of hydrogen-bond acceptors (Lipinski definition) is 5. The lowest BCUT2D eigenvalue weighted by molar-refractivity contribution is 0.118. The van der Waals surface area contributed by atoms with Crippen LogP contribution in [0.3, 0.4) is 0 Å². The fourth-order valence-electron chi connectivity index (χ4n) is 3.74. The van der Waals surface area contributed by atoms with Crippen LogP contribution in [0.1, 0.15) is 60.8 Å². The molecule has 2 aromatic rings. The molecule has 2 unspecified atom stereocenters. The molecule has 1 saturated heterocycles. The summed E-state index contributed by atoms with van der Waals surface area (Å²) in [6.07, 6.45) is 5.36. The van der Waals surface area contributed by atoms with Gasteiger partial charge in [-0.3, -0.25) is 4.90 Å². The quantitative estimate of drug-likeness (QED) is 0.883. The summed E-state index contributed by atoms with van der Waals surface area (Å²) >= 11 is 1.64. The number of rotatable bonds is 6. The molecule has 1 saturated carbocycles. The fraction of sp³-hybridized carbons (Fsp3) is 0.647. The van der Waals surface area contributed by atoms with E-state index in [4.69, 9.17) is 0 Å². The molecule has 0 bridgehead atoms. The van der Waals surface area contributed by atoms with Crippen LogP contribution >= 0.6 is 11.3 Å². The van der Waals surface area contributed by atoms with Crippen LogP contribution in [0, 0.1) is 6.92 Å². The van der Waals surface area contributed by atoms with E-state index in [1.54, 1.807) is 11.3 Å². The van der Waals surface area contributed by atoms with Crippen LogP contribution in [0.5, 0.6) is 0 Å². The maximum atomic E-state index is 10.5. The van der Waals surface area contributed by atoms with Crippen LogP contribution in [0.4, 0.5) is 0 Å². The first kappa shape index (κ1) is 15.3. The first-order valence-electron chi connectivity index (χ1n) is 8.58. The zero-order chi connectivity index (χ0) is 15.8. The third kappa shape index (κ3) is 3.20. The SMILES string of the molecule is Cc1nnc(CN2CCCC2CC(O)c2cccs2)n1C1CC1. The number of likely N-dealkylation sites (tertiary alicyclic amines) is 1. The molecule has 2 atom stereocenters. The monoisotopic (exact) mass is 332 g/mol. The van der Waals surface area contributed by atoms with Crippen LogP contribution in [-0.4, -0.2) is 37.4 Å². The molecule has 1 N–H and O–H groups in total. The van der Waals surface area contributed by atoms with E-state index in [1.165, 1.54) is 25.7 Å². The van der Waals surface area contributed by atoms with Crippen molar-refractivity contribution >= 4 is 11.3 Å². The molecule has 1 aliphatic heterocycles. The summed E-state index contributed by atoms with van der Waals surface area (Å²) in [6.45, 7) is 4.01. The molecule has 0 spiro atoms. The highest BCUT2D eigenvalue weighted by atomic mass is 32.1. The molecular weight excluding hydrogens is 308 g/mol. The van der Waals surface area contributed by atoms with Crippen LogP contribution in [0.25, 0.3) is 0 Å². The second kappa shape index (κ2) is 6.34. The summed E-state index contributed by atoms with van der Waals surface area (Å²) in [7, 11) is 0. The van der Waals surface area contributed by atoms with Crippen LogP contribution in [0.2, 0.25) is 0 Å². The van der Waals surface area contributed by atoms with Gasteiger partial charge >= 0.3 is 0 Å². The van der Waals surface area contributed by atoms with Gasteiger partial charge in [0.15, 0.2) is 0 Å². The van der Waals surface area contributed by atoms with E-state index in [0.717, 1.165) is 36.0 Å². The van der Waals surface area contributed by atoms with Crippen molar-refractivity contribution in [1.29, 1.82) is 0 Å². The molecule has 2 aliphatic rings. The van der Waals surface area contributed by atoms with Gasteiger partial charge in [-0.2, -0.15) is 0 Å². The van der Waals surface area contributed by atoms with Gasteiger partial charge < -0.3 is 9.67 Å². The molecule has 124 valence electrons. The zero-order valence-corrected chi connectivity index (χ0v) is 14.4. The van der Waals surface area contributed by atoms with Crippen molar-refractivity contribution in [3.05, 3.63) is 34.0 Å². The molecule has 0 amide bonds. The van der Waals surface area contributed by atoms with Gasteiger partial charge in [-0.05, 0) is 57.0 Å². The van der Waals surface area contributed by atoms with Crippen molar-refractivity contribution in [2.45, 2.75) is 63.8 Å². The molecule has 23 heavy (non-hydrogen) atoms. The highest BCUT2D eigenvalue weighted by molar-refractivity contribution is 7.10. The van der Waals surface area contributed by atoms with E-state index in [-0.39, 0.29) is 6.10 Å². The van der Waals surface area contributed by atoms with Crippen LogP contribution in [0.15, 0.2) is 17.5 Å². The van der Waals surface area contributed by atoms with Gasteiger partial charge in [0.25, 0.3) is 0 Å². The summed E-state index contributed by atoms with van der Waals surface area (Å²) in [6, 6.07) is 5.10. The fourth-order valence-corrected chi connectivity index (χ4v) is 4.46. The average Bonchev–Trinajstić information content (AvgIpc) is 2.94. The van der Waals surface area contributed by atoms with Gasteiger partial charge in [0.2, 0.25) is 0 Å². The van der Waals surface area contributed by atoms with Crippen molar-refractivity contribution in [3.8, 4) is 0 Å². The number of nitrogens with zero attached hydrogens (tertiary/aromatic N) is 4. The first-order chi connectivity index (χ1) is 11.2. The summed E-state index contributed by atoms with van der Waals surface area (Å²) in [5, 5.41) is 21.2. The molecule has 3 heterocycles. The Hall–Kier alpha value is -1.24. The summed E-state index contributed by atoms with van der Waals surface area (Å²) < 4.78 is 2.32. The van der Waals surface area contributed by atoms with E-state index in [0.29, 0.717) is 12.1 Å². The van der Waals surface area contributed by atoms with E-state index in [9.17, 15) is 5.11 Å². The number of aliphatic hydroxyl groups is 1. The Morgan fingerprint density at radius 2 is 2.22 bits per heavy atom. The summed E-state index contributed by atoms with van der Waals surface area (Å²) in [4.78, 5) is 3.56. The summed E-state index contributed by atoms with van der Waals surface area (Å²) in [5.74, 6) is 2.14. The molecule has 0 radical (unpaired) electrons. The van der Waals surface area contributed by atoms with Crippen LogP contribution in [-0.2, 0) is 6.54 Å². The molecule has 6 heteroatoms. The second-order valence-electron chi connectivity index (χ2n) is 6.80. The third-order valence-corrected chi connectivity index (χ3v) is 6.03. The number of aryl methyl sites for hydroxylation is 1. The van der Waals surface area contributed by atoms with Crippen LogP contribution < -0.4 is 0 Å². The number of aromatic nitrogens is 3. The Kier molecular flexibility index (Phi) is 4.22. The number of thiophene rings is 1. The minimum Gasteiger partial charge on any atom is -0.388 e. The molecule has 1 aliphatic carbocycles. The molecule has 2 fully saturated rings. The van der Waals surface area contributed by atoms with E-state index in [2.05, 4.69) is 26.6 Å². The third-order valence-electron chi connectivity index (χ3n) is 5.06. The smallest absolute Gasteiger partial charge is 0.147 e. The predicted molar refractivity (Wildman–Crippen MR) is 90.4 cm³/mol. The minimum atomic E-state index is -0.344. The first-order valence-corrected chi connectivity index (χ1v) is 9.46. The Balaban J connectivity index is 1.44. The van der Waals surface area contributed by atoms with Crippen molar-refractivity contribution in [2.24, 2.45) is 0 Å². The van der Waals surface area contributed by atoms with E-state index < -0.39 is 0 Å². The summed E-state index contributed by atoms with van der Waals surface area (Å²) in [5.41, 5.74) is 0. The largest absolute Gasteiger partial charge is 0.388 e. The van der Waals surface area contributed by atoms with Gasteiger partial charge in [0, 0.05) is 17.0 Å². The topological polar surface area (TPSA) is 54.2 Å². The van der Waals surface area contributed by atoms with Crippen molar-refractivity contribution in [3.63, 3.8) is 0 Å². The van der Waals surface area contributed by atoms with Gasteiger partial charge in [0.05, 0.1) is 12.6 Å². The average molecular weight is 332 g/mol. The van der Waals surface area contributed by atoms with E-state index >= 15 is 0 Å². The van der Waals surface area contributed by atoms with E-state index in [1.807, 2.05) is 17.5 Å². The lowest BCUT2D eigenvalue weighted by atomic mass is 10.1. The zero-order valence-electron chi connectivity index (χ0n) is 13.6. The Morgan fingerprint density at radius 1 is 1.35 bits per heavy atom. The van der Waals surface area contributed by atoms with Crippen molar-refractivity contribution < 1.29 is 5.11 Å². The maximum absolute atomic E-state index is 10.5. The molecular formula is C17H24N4OS.